The first-order valence-electron chi connectivity index (χ1n) is 8.19. The van der Waals surface area contributed by atoms with Crippen LogP contribution in [0, 0.1) is 0 Å². The van der Waals surface area contributed by atoms with Crippen molar-refractivity contribution in [3.8, 4) is 0 Å². The summed E-state index contributed by atoms with van der Waals surface area (Å²) in [5.74, 6) is 0. The number of rotatable bonds is 6. The second kappa shape index (κ2) is 8.16. The maximum absolute atomic E-state index is 6.21. The normalized spacial score (nSPS) is 23.7. The molecular weight excluding hydrogens is 224 g/mol. The van der Waals surface area contributed by atoms with Gasteiger partial charge in [0.05, 0.1) is 12.2 Å². The van der Waals surface area contributed by atoms with Gasteiger partial charge >= 0.3 is 0 Å². The molecule has 106 valence electrons. The molecule has 0 bridgehead atoms. The van der Waals surface area contributed by atoms with Crippen LogP contribution in [0.2, 0.25) is 0 Å². The lowest BCUT2D eigenvalue weighted by Crippen LogP contribution is -2.31. The average Bonchev–Trinajstić information content (AvgIpc) is 2.41. The van der Waals surface area contributed by atoms with Crippen LogP contribution in [0.25, 0.3) is 0 Å². The van der Waals surface area contributed by atoms with Crippen LogP contribution < -0.4 is 0 Å². The first kappa shape index (κ1) is 14.3. The summed E-state index contributed by atoms with van der Waals surface area (Å²) < 4.78 is 12.4. The fourth-order valence-corrected chi connectivity index (χ4v) is 3.24. The Kier molecular flexibility index (Phi) is 6.50. The summed E-state index contributed by atoms with van der Waals surface area (Å²) in [6, 6.07) is 0. The van der Waals surface area contributed by atoms with Gasteiger partial charge in [-0.2, -0.15) is 0 Å². The van der Waals surface area contributed by atoms with Gasteiger partial charge in [0.15, 0.2) is 6.29 Å². The number of ether oxygens (including phenoxy) is 2. The molecule has 0 radical (unpaired) electrons. The molecule has 0 aromatic heterocycles. The van der Waals surface area contributed by atoms with Crippen molar-refractivity contribution in [2.45, 2.75) is 102 Å². The molecule has 2 nitrogen and oxygen atoms in total. The van der Waals surface area contributed by atoms with E-state index in [9.17, 15) is 0 Å². The highest BCUT2D eigenvalue weighted by Gasteiger charge is 2.23. The van der Waals surface area contributed by atoms with Crippen molar-refractivity contribution in [3.63, 3.8) is 0 Å². The van der Waals surface area contributed by atoms with E-state index in [1.54, 1.807) is 0 Å². The Morgan fingerprint density at radius 2 is 1.22 bits per heavy atom. The highest BCUT2D eigenvalue weighted by molar-refractivity contribution is 4.69. The van der Waals surface area contributed by atoms with Crippen molar-refractivity contribution in [1.82, 2.24) is 0 Å². The topological polar surface area (TPSA) is 18.5 Å². The SMILES string of the molecule is CCCC(OC1CCCCC1)OC1CCCCC1. The van der Waals surface area contributed by atoms with Crippen LogP contribution in [0.3, 0.4) is 0 Å². The molecule has 0 unspecified atom stereocenters. The van der Waals surface area contributed by atoms with Gasteiger partial charge in [-0.3, -0.25) is 0 Å². The minimum absolute atomic E-state index is 0.0706. The highest BCUT2D eigenvalue weighted by Crippen LogP contribution is 2.26. The van der Waals surface area contributed by atoms with E-state index in [2.05, 4.69) is 6.92 Å². The molecule has 0 spiro atoms. The van der Waals surface area contributed by atoms with E-state index in [0.717, 1.165) is 12.8 Å². The van der Waals surface area contributed by atoms with E-state index < -0.39 is 0 Å². The Morgan fingerprint density at radius 1 is 0.778 bits per heavy atom. The Labute approximate surface area is 112 Å². The lowest BCUT2D eigenvalue weighted by Gasteiger charge is -2.31. The summed E-state index contributed by atoms with van der Waals surface area (Å²) in [6.07, 6.45) is 16.4. The predicted octanol–water partition coefficient (Wildman–Crippen LogP) is 4.81. The average molecular weight is 254 g/mol. The molecule has 2 fully saturated rings. The summed E-state index contributed by atoms with van der Waals surface area (Å²) in [7, 11) is 0. The molecule has 0 heterocycles. The van der Waals surface area contributed by atoms with Crippen LogP contribution in [0.1, 0.15) is 84.0 Å². The largest absolute Gasteiger partial charge is 0.349 e. The zero-order chi connectivity index (χ0) is 12.6. The van der Waals surface area contributed by atoms with Gasteiger partial charge in [-0.25, -0.2) is 0 Å². The molecule has 2 heteroatoms. The third-order valence-electron chi connectivity index (χ3n) is 4.32. The molecule has 0 saturated heterocycles. The van der Waals surface area contributed by atoms with E-state index in [4.69, 9.17) is 9.47 Å². The summed E-state index contributed by atoms with van der Waals surface area (Å²) in [5.41, 5.74) is 0. The lowest BCUT2D eigenvalue weighted by molar-refractivity contribution is -0.206. The summed E-state index contributed by atoms with van der Waals surface area (Å²) in [5, 5.41) is 0. The number of hydrogen-bond donors (Lipinski definition) is 0. The van der Waals surface area contributed by atoms with Crippen molar-refractivity contribution in [1.29, 1.82) is 0 Å². The molecule has 0 aliphatic heterocycles. The van der Waals surface area contributed by atoms with E-state index in [1.807, 2.05) is 0 Å². The molecule has 2 saturated carbocycles. The monoisotopic (exact) mass is 254 g/mol. The molecular formula is C16H30O2. The maximum Gasteiger partial charge on any atom is 0.158 e. The minimum Gasteiger partial charge on any atom is -0.349 e. The molecule has 18 heavy (non-hydrogen) atoms. The van der Waals surface area contributed by atoms with Gasteiger partial charge in [-0.1, -0.05) is 51.9 Å². The second-order valence-corrected chi connectivity index (χ2v) is 6.01. The third kappa shape index (κ3) is 4.89. The quantitative estimate of drug-likeness (QED) is 0.633. The van der Waals surface area contributed by atoms with E-state index in [1.165, 1.54) is 64.2 Å². The molecule has 2 rings (SSSR count). The van der Waals surface area contributed by atoms with Crippen molar-refractivity contribution >= 4 is 0 Å². The van der Waals surface area contributed by atoms with E-state index in [-0.39, 0.29) is 6.29 Å². The lowest BCUT2D eigenvalue weighted by atomic mass is 9.97. The Morgan fingerprint density at radius 3 is 1.61 bits per heavy atom. The van der Waals surface area contributed by atoms with Crippen molar-refractivity contribution in [2.75, 3.05) is 0 Å². The van der Waals surface area contributed by atoms with Gasteiger partial charge in [-0.15, -0.1) is 0 Å². The van der Waals surface area contributed by atoms with Crippen LogP contribution >= 0.6 is 0 Å². The zero-order valence-electron chi connectivity index (χ0n) is 12.0. The molecule has 2 aliphatic rings. The van der Waals surface area contributed by atoms with Gasteiger partial charge < -0.3 is 9.47 Å². The highest BCUT2D eigenvalue weighted by atomic mass is 16.7. The Balaban J connectivity index is 1.74. The second-order valence-electron chi connectivity index (χ2n) is 6.01. The fraction of sp³-hybridized carbons (Fsp3) is 1.00. The van der Waals surface area contributed by atoms with Crippen LogP contribution in [-0.2, 0) is 9.47 Å². The maximum atomic E-state index is 6.21. The summed E-state index contributed by atoms with van der Waals surface area (Å²) in [4.78, 5) is 0. The first-order chi connectivity index (χ1) is 8.88. The molecule has 0 aromatic carbocycles. The molecule has 0 aromatic rings. The third-order valence-corrected chi connectivity index (χ3v) is 4.32. The van der Waals surface area contributed by atoms with Crippen LogP contribution in [0.15, 0.2) is 0 Å². The molecule has 0 N–H and O–H groups in total. The molecule has 0 amide bonds. The van der Waals surface area contributed by atoms with Crippen LogP contribution in [-0.4, -0.2) is 18.5 Å². The molecule has 0 atom stereocenters. The van der Waals surface area contributed by atoms with Crippen molar-refractivity contribution in [3.05, 3.63) is 0 Å². The summed E-state index contributed by atoms with van der Waals surface area (Å²) >= 11 is 0. The van der Waals surface area contributed by atoms with Crippen LogP contribution in [0.4, 0.5) is 0 Å². The number of hydrogen-bond acceptors (Lipinski definition) is 2. The van der Waals surface area contributed by atoms with Gasteiger partial charge in [-0.05, 0) is 32.1 Å². The minimum atomic E-state index is 0.0706. The fourth-order valence-electron chi connectivity index (χ4n) is 3.24. The van der Waals surface area contributed by atoms with E-state index >= 15 is 0 Å². The van der Waals surface area contributed by atoms with Gasteiger partial charge in [0.2, 0.25) is 0 Å². The van der Waals surface area contributed by atoms with E-state index in [0.29, 0.717) is 12.2 Å². The van der Waals surface area contributed by atoms with Crippen LogP contribution in [0.5, 0.6) is 0 Å². The van der Waals surface area contributed by atoms with Gasteiger partial charge in [0.25, 0.3) is 0 Å². The predicted molar refractivity (Wildman–Crippen MR) is 74.6 cm³/mol. The Hall–Kier alpha value is -0.0800. The van der Waals surface area contributed by atoms with Crippen molar-refractivity contribution in [2.24, 2.45) is 0 Å². The van der Waals surface area contributed by atoms with Crippen molar-refractivity contribution < 1.29 is 9.47 Å². The standard InChI is InChI=1S/C16H30O2/c1-2-9-16(17-14-10-5-3-6-11-14)18-15-12-7-4-8-13-15/h14-16H,2-13H2,1H3. The first-order valence-corrected chi connectivity index (χ1v) is 8.19. The smallest absolute Gasteiger partial charge is 0.158 e. The van der Waals surface area contributed by atoms with Gasteiger partial charge in [0, 0.05) is 0 Å². The Bertz CT molecular complexity index is 185. The zero-order valence-corrected chi connectivity index (χ0v) is 12.0. The molecule has 2 aliphatic carbocycles. The van der Waals surface area contributed by atoms with Gasteiger partial charge in [0.1, 0.15) is 0 Å². The summed E-state index contributed by atoms with van der Waals surface area (Å²) in [6.45, 7) is 2.22.